The molecule has 6 heteroatoms. The van der Waals surface area contributed by atoms with Crippen LogP contribution in [0.1, 0.15) is 26.3 Å². The average Bonchev–Trinajstić information content (AvgIpc) is 2.84. The highest BCUT2D eigenvalue weighted by Crippen LogP contribution is 2.14. The zero-order chi connectivity index (χ0) is 14.8. The lowest BCUT2D eigenvalue weighted by Crippen LogP contribution is -2.19. The maximum Gasteiger partial charge on any atom is 0.144 e. The van der Waals surface area contributed by atoms with Crippen molar-refractivity contribution in [1.29, 1.82) is 0 Å². The van der Waals surface area contributed by atoms with Crippen LogP contribution >= 0.6 is 11.6 Å². The number of benzene rings is 1. The third-order valence-electron chi connectivity index (χ3n) is 2.52. The molecule has 0 aliphatic heterocycles. The van der Waals surface area contributed by atoms with E-state index in [-0.39, 0.29) is 4.75 Å². The maximum atomic E-state index is 11.8. The highest BCUT2D eigenvalue weighted by atomic mass is 35.5. The Morgan fingerprint density at radius 3 is 2.55 bits per heavy atom. The first kappa shape index (κ1) is 14.9. The molecule has 4 nitrogen and oxygen atoms in total. The molecule has 0 bridgehead atoms. The molecule has 0 fully saturated rings. The van der Waals surface area contributed by atoms with E-state index in [4.69, 9.17) is 11.6 Å². The van der Waals surface area contributed by atoms with Crippen LogP contribution in [0.15, 0.2) is 41.1 Å². The zero-order valence-corrected chi connectivity index (χ0v) is 13.1. The van der Waals surface area contributed by atoms with Gasteiger partial charge in [0.2, 0.25) is 0 Å². The van der Waals surface area contributed by atoms with Crippen molar-refractivity contribution >= 4 is 28.8 Å². The van der Waals surface area contributed by atoms with Crippen LogP contribution in [0.3, 0.4) is 0 Å². The SMILES string of the molecule is CC(C)(C)[S@](=O)N=Cc1cnn(-c2ccc(Cl)cc2)c1. The molecule has 0 aliphatic carbocycles. The first-order chi connectivity index (χ1) is 9.36. The van der Waals surface area contributed by atoms with E-state index in [0.717, 1.165) is 11.3 Å². The highest BCUT2D eigenvalue weighted by molar-refractivity contribution is 7.85. The van der Waals surface area contributed by atoms with Gasteiger partial charge in [0.15, 0.2) is 0 Å². The van der Waals surface area contributed by atoms with Gasteiger partial charge in [-0.1, -0.05) is 11.6 Å². The summed E-state index contributed by atoms with van der Waals surface area (Å²) in [5.41, 5.74) is 1.71. The van der Waals surface area contributed by atoms with Gasteiger partial charge in [-0.05, 0) is 45.0 Å². The predicted octanol–water partition coefficient (Wildman–Crippen LogP) is 3.41. The van der Waals surface area contributed by atoms with Crippen LogP contribution in [0.25, 0.3) is 5.69 Å². The van der Waals surface area contributed by atoms with E-state index in [1.807, 2.05) is 39.1 Å². The number of hydrogen-bond acceptors (Lipinski definition) is 2. The van der Waals surface area contributed by atoms with Crippen LogP contribution in [0.2, 0.25) is 5.02 Å². The molecule has 0 N–H and O–H groups in total. The van der Waals surface area contributed by atoms with Gasteiger partial charge in [0, 0.05) is 23.0 Å². The topological polar surface area (TPSA) is 47.2 Å². The van der Waals surface area contributed by atoms with Crippen LogP contribution < -0.4 is 0 Å². The lowest BCUT2D eigenvalue weighted by molar-refractivity contribution is 0.651. The molecule has 0 spiro atoms. The van der Waals surface area contributed by atoms with Crippen molar-refractivity contribution in [3.8, 4) is 5.69 Å². The molecule has 1 aromatic carbocycles. The van der Waals surface area contributed by atoms with E-state index in [0.29, 0.717) is 5.02 Å². The molecule has 0 radical (unpaired) electrons. The first-order valence-corrected chi connectivity index (χ1v) is 7.61. The van der Waals surface area contributed by atoms with Crippen molar-refractivity contribution in [2.75, 3.05) is 0 Å². The quantitative estimate of drug-likeness (QED) is 0.816. The predicted molar refractivity (Wildman–Crippen MR) is 84.1 cm³/mol. The number of aromatic nitrogens is 2. The van der Waals surface area contributed by atoms with Crippen molar-refractivity contribution in [2.24, 2.45) is 4.40 Å². The number of hydrogen-bond donors (Lipinski definition) is 0. The number of rotatable bonds is 3. The molecule has 20 heavy (non-hydrogen) atoms. The molecule has 106 valence electrons. The lowest BCUT2D eigenvalue weighted by Gasteiger charge is -2.12. The van der Waals surface area contributed by atoms with E-state index in [9.17, 15) is 4.21 Å². The lowest BCUT2D eigenvalue weighted by atomic mass is 10.3. The monoisotopic (exact) mass is 309 g/mol. The van der Waals surface area contributed by atoms with Gasteiger partial charge in [0.25, 0.3) is 0 Å². The normalized spacial score (nSPS) is 13.8. The summed E-state index contributed by atoms with van der Waals surface area (Å²) in [6.07, 6.45) is 5.09. The molecule has 1 aromatic heterocycles. The van der Waals surface area contributed by atoms with Crippen molar-refractivity contribution in [3.63, 3.8) is 0 Å². The second-order valence-electron chi connectivity index (χ2n) is 5.29. The number of halogens is 1. The van der Waals surface area contributed by atoms with Crippen molar-refractivity contribution in [2.45, 2.75) is 25.5 Å². The molecule has 0 saturated carbocycles. The Morgan fingerprint density at radius 2 is 1.95 bits per heavy atom. The van der Waals surface area contributed by atoms with E-state index in [1.54, 1.807) is 29.2 Å². The Morgan fingerprint density at radius 1 is 1.30 bits per heavy atom. The van der Waals surface area contributed by atoms with Crippen molar-refractivity contribution in [3.05, 3.63) is 47.2 Å². The van der Waals surface area contributed by atoms with E-state index in [2.05, 4.69) is 9.50 Å². The Kier molecular flexibility index (Phi) is 4.40. The minimum absolute atomic E-state index is 0.358. The van der Waals surface area contributed by atoms with Crippen LogP contribution in [0.4, 0.5) is 0 Å². The summed E-state index contributed by atoms with van der Waals surface area (Å²) < 4.78 is 17.2. The van der Waals surface area contributed by atoms with E-state index >= 15 is 0 Å². The smallest absolute Gasteiger partial charge is 0.144 e. The van der Waals surface area contributed by atoms with Gasteiger partial charge in [0.05, 0.1) is 16.6 Å². The summed E-state index contributed by atoms with van der Waals surface area (Å²) in [5, 5.41) is 4.92. The minimum atomic E-state index is -1.26. The fourth-order valence-corrected chi connectivity index (χ4v) is 2.06. The second-order valence-corrected chi connectivity index (χ2v) is 7.66. The Labute approximate surface area is 126 Å². The second kappa shape index (κ2) is 5.89. The first-order valence-electron chi connectivity index (χ1n) is 6.13. The maximum absolute atomic E-state index is 11.8. The molecule has 2 aromatic rings. The zero-order valence-electron chi connectivity index (χ0n) is 11.6. The van der Waals surface area contributed by atoms with Gasteiger partial charge in [-0.2, -0.15) is 9.50 Å². The minimum Gasteiger partial charge on any atom is -0.240 e. The fourth-order valence-electron chi connectivity index (χ4n) is 1.41. The van der Waals surface area contributed by atoms with E-state index < -0.39 is 11.0 Å². The summed E-state index contributed by atoms with van der Waals surface area (Å²) >= 11 is 5.85. The molecular weight excluding hydrogens is 294 g/mol. The van der Waals surface area contributed by atoms with Crippen molar-refractivity contribution < 1.29 is 4.21 Å². The van der Waals surface area contributed by atoms with Gasteiger partial charge in [-0.3, -0.25) is 0 Å². The Hall–Kier alpha value is -1.46. The van der Waals surface area contributed by atoms with Gasteiger partial charge < -0.3 is 0 Å². The standard InChI is InChI=1S/C14H16ClN3OS/c1-14(2,3)20(19)17-9-11-8-16-18(10-11)13-6-4-12(15)5-7-13/h4-10H,1-3H3/t20-/m0/s1. The average molecular weight is 310 g/mol. The largest absolute Gasteiger partial charge is 0.240 e. The third kappa shape index (κ3) is 3.77. The highest BCUT2D eigenvalue weighted by Gasteiger charge is 2.18. The molecule has 1 heterocycles. The van der Waals surface area contributed by atoms with E-state index in [1.165, 1.54) is 0 Å². The van der Waals surface area contributed by atoms with Gasteiger partial charge >= 0.3 is 0 Å². The van der Waals surface area contributed by atoms with Gasteiger partial charge in [0.1, 0.15) is 11.0 Å². The Balaban J connectivity index is 2.15. The van der Waals surface area contributed by atoms with Crippen molar-refractivity contribution in [1.82, 2.24) is 9.78 Å². The molecule has 0 saturated heterocycles. The summed E-state index contributed by atoms with van der Waals surface area (Å²) in [7, 11) is -1.26. The van der Waals surface area contributed by atoms with Crippen LogP contribution in [-0.2, 0) is 11.0 Å². The molecule has 0 unspecified atom stereocenters. The van der Waals surface area contributed by atoms with Gasteiger partial charge in [-0.15, -0.1) is 0 Å². The van der Waals surface area contributed by atoms with Crippen LogP contribution in [0, 0.1) is 0 Å². The van der Waals surface area contributed by atoms with Crippen LogP contribution in [0.5, 0.6) is 0 Å². The third-order valence-corrected chi connectivity index (χ3v) is 4.11. The Bertz CT molecular complexity index is 641. The molecule has 0 aliphatic rings. The summed E-state index contributed by atoms with van der Waals surface area (Å²) in [4.78, 5) is 0. The summed E-state index contributed by atoms with van der Waals surface area (Å²) in [6.45, 7) is 5.66. The molecular formula is C14H16ClN3OS. The molecule has 2 rings (SSSR count). The van der Waals surface area contributed by atoms with Crippen LogP contribution in [-0.4, -0.2) is 25.0 Å². The summed E-state index contributed by atoms with van der Waals surface area (Å²) in [5.74, 6) is 0. The summed E-state index contributed by atoms with van der Waals surface area (Å²) in [6, 6.07) is 7.37. The number of nitrogens with zero attached hydrogens (tertiary/aromatic N) is 3. The molecule has 0 amide bonds. The van der Waals surface area contributed by atoms with Gasteiger partial charge in [-0.25, -0.2) is 8.89 Å². The fraction of sp³-hybridized carbons (Fsp3) is 0.286. The molecule has 1 atom stereocenters.